The first-order valence-corrected chi connectivity index (χ1v) is 10.6. The monoisotopic (exact) mass is 476 g/mol. The summed E-state index contributed by atoms with van der Waals surface area (Å²) in [6, 6.07) is 20.2. The number of aromatic hydroxyl groups is 1. The molecule has 0 unspecified atom stereocenters. The molecular formula is C24H21ClN6O3. The first-order chi connectivity index (χ1) is 16.4. The fraction of sp³-hybridized carbons (Fsp3) is 0.0417. The predicted octanol–water partition coefficient (Wildman–Crippen LogP) is 4.48. The number of carbonyl (C=O) groups excluding carboxylic acids is 2. The highest BCUT2D eigenvalue weighted by atomic mass is 35.5. The molecule has 9 nitrogen and oxygen atoms in total. The van der Waals surface area contributed by atoms with Gasteiger partial charge in [-0.3, -0.25) is 14.7 Å². The van der Waals surface area contributed by atoms with Crippen molar-refractivity contribution in [3.8, 4) is 5.75 Å². The van der Waals surface area contributed by atoms with Gasteiger partial charge >= 0.3 is 0 Å². The number of hydrogen-bond donors (Lipinski definition) is 6. The van der Waals surface area contributed by atoms with Gasteiger partial charge in [0.25, 0.3) is 11.8 Å². The molecule has 0 atom stereocenters. The van der Waals surface area contributed by atoms with Crippen LogP contribution in [-0.4, -0.2) is 27.1 Å². The van der Waals surface area contributed by atoms with Gasteiger partial charge in [-0.05, 0) is 60.2 Å². The van der Waals surface area contributed by atoms with Crippen molar-refractivity contribution in [2.45, 2.75) is 6.54 Å². The van der Waals surface area contributed by atoms with Crippen LogP contribution in [0, 0.1) is 0 Å². The number of nitrogens with two attached hydrogens (primary N) is 1. The summed E-state index contributed by atoms with van der Waals surface area (Å²) in [6.45, 7) is 0.381. The van der Waals surface area contributed by atoms with Crippen molar-refractivity contribution in [2.24, 2.45) is 5.73 Å². The molecule has 0 bridgehead atoms. The molecule has 0 radical (unpaired) electrons. The summed E-state index contributed by atoms with van der Waals surface area (Å²) < 4.78 is 0. The molecule has 0 saturated carbocycles. The number of nitrogens with one attached hydrogen (secondary N) is 4. The number of amides is 2. The number of H-pyrrole nitrogens is 1. The number of primary amides is 1. The van der Waals surface area contributed by atoms with E-state index in [2.05, 4.69) is 26.1 Å². The number of halogens is 1. The molecule has 0 aliphatic carbocycles. The van der Waals surface area contributed by atoms with Gasteiger partial charge in [-0.25, -0.2) is 0 Å². The Kier molecular flexibility index (Phi) is 6.65. The molecule has 34 heavy (non-hydrogen) atoms. The number of phenols is 1. The van der Waals surface area contributed by atoms with Gasteiger partial charge in [-0.15, -0.1) is 0 Å². The summed E-state index contributed by atoms with van der Waals surface area (Å²) in [7, 11) is 0. The molecule has 4 rings (SSSR count). The lowest BCUT2D eigenvalue weighted by molar-refractivity contribution is 0.0999. The fourth-order valence-corrected chi connectivity index (χ4v) is 3.40. The van der Waals surface area contributed by atoms with Crippen LogP contribution in [0.5, 0.6) is 5.75 Å². The van der Waals surface area contributed by atoms with Gasteiger partial charge in [0, 0.05) is 28.5 Å². The molecule has 0 aliphatic rings. The Balaban J connectivity index is 1.43. The van der Waals surface area contributed by atoms with Crippen LogP contribution >= 0.6 is 11.6 Å². The van der Waals surface area contributed by atoms with Crippen LogP contribution in [0.3, 0.4) is 0 Å². The van der Waals surface area contributed by atoms with Crippen LogP contribution in [0.25, 0.3) is 0 Å². The molecule has 2 amide bonds. The molecule has 0 saturated heterocycles. The van der Waals surface area contributed by atoms with E-state index in [1.165, 1.54) is 0 Å². The number of carbonyl (C=O) groups is 2. The van der Waals surface area contributed by atoms with Crippen molar-refractivity contribution in [1.29, 1.82) is 0 Å². The zero-order valence-corrected chi connectivity index (χ0v) is 18.6. The van der Waals surface area contributed by atoms with Gasteiger partial charge < -0.3 is 26.8 Å². The van der Waals surface area contributed by atoms with Gasteiger partial charge in [-0.2, -0.15) is 5.10 Å². The summed E-state index contributed by atoms with van der Waals surface area (Å²) in [5.41, 5.74) is 8.34. The highest BCUT2D eigenvalue weighted by Gasteiger charge is 2.18. The maximum absolute atomic E-state index is 12.4. The lowest BCUT2D eigenvalue weighted by atomic mass is 10.2. The number of phenolic OH excluding ortho intramolecular Hbond substituents is 1. The zero-order chi connectivity index (χ0) is 24.1. The summed E-state index contributed by atoms with van der Waals surface area (Å²) >= 11 is 5.94. The standard InChI is InChI=1S/C24H21ClN6O3/c25-16-3-1-2-15(12-16)24(34)29-18-8-6-17(7-9-18)28-23-20(21(26)33)22(30-31-23)27-13-14-4-10-19(32)11-5-14/h1-12,32H,13H2,(H2,26,33)(H,29,34)(H3,27,28,30,31). The number of aromatic nitrogens is 2. The number of hydrogen-bond acceptors (Lipinski definition) is 6. The van der Waals surface area contributed by atoms with Gasteiger partial charge in [0.2, 0.25) is 0 Å². The topological polar surface area (TPSA) is 145 Å². The average Bonchev–Trinajstić information content (AvgIpc) is 3.22. The Hall–Kier alpha value is -4.50. The van der Waals surface area contributed by atoms with Crippen LogP contribution < -0.4 is 21.7 Å². The lowest BCUT2D eigenvalue weighted by Crippen LogP contribution is -2.15. The predicted molar refractivity (Wildman–Crippen MR) is 132 cm³/mol. The third-order valence-electron chi connectivity index (χ3n) is 4.91. The van der Waals surface area contributed by atoms with E-state index in [1.807, 2.05) is 0 Å². The minimum atomic E-state index is -0.658. The first kappa shape index (κ1) is 22.7. The Morgan fingerprint density at radius 3 is 2.38 bits per heavy atom. The van der Waals surface area contributed by atoms with Gasteiger partial charge in [0.05, 0.1) is 0 Å². The number of nitrogens with zero attached hydrogens (tertiary/aromatic N) is 1. The van der Waals surface area contributed by atoms with E-state index in [0.29, 0.717) is 40.1 Å². The minimum absolute atomic E-state index is 0.169. The van der Waals surface area contributed by atoms with Gasteiger partial charge in [0.15, 0.2) is 5.82 Å². The van der Waals surface area contributed by atoms with Crippen LogP contribution in [0.2, 0.25) is 5.02 Å². The van der Waals surface area contributed by atoms with E-state index < -0.39 is 5.91 Å². The zero-order valence-electron chi connectivity index (χ0n) is 17.8. The van der Waals surface area contributed by atoms with Crippen LogP contribution in [0.1, 0.15) is 26.3 Å². The molecular weight excluding hydrogens is 456 g/mol. The van der Waals surface area contributed by atoms with Crippen LogP contribution in [0.15, 0.2) is 72.8 Å². The fourth-order valence-electron chi connectivity index (χ4n) is 3.21. The molecule has 10 heteroatoms. The number of anilines is 4. The van der Waals surface area contributed by atoms with E-state index in [0.717, 1.165) is 5.56 Å². The third-order valence-corrected chi connectivity index (χ3v) is 5.14. The van der Waals surface area contributed by atoms with Crippen molar-refractivity contribution < 1.29 is 14.7 Å². The van der Waals surface area contributed by atoms with E-state index in [-0.39, 0.29) is 17.2 Å². The normalized spacial score (nSPS) is 10.5. The molecule has 7 N–H and O–H groups in total. The first-order valence-electron chi connectivity index (χ1n) is 10.2. The van der Waals surface area contributed by atoms with E-state index >= 15 is 0 Å². The van der Waals surface area contributed by atoms with Crippen molar-refractivity contribution in [3.63, 3.8) is 0 Å². The Morgan fingerprint density at radius 2 is 1.71 bits per heavy atom. The lowest BCUT2D eigenvalue weighted by Gasteiger charge is -2.09. The highest BCUT2D eigenvalue weighted by molar-refractivity contribution is 6.31. The molecule has 0 spiro atoms. The smallest absolute Gasteiger partial charge is 0.256 e. The van der Waals surface area contributed by atoms with Crippen molar-refractivity contribution in [3.05, 3.63) is 94.5 Å². The second kappa shape index (κ2) is 9.97. The SMILES string of the molecule is NC(=O)c1c(NCc2ccc(O)cc2)n[nH]c1Nc1ccc(NC(=O)c2cccc(Cl)c2)cc1. The number of rotatable bonds is 8. The summed E-state index contributed by atoms with van der Waals surface area (Å²) in [5, 5.41) is 25.7. The molecule has 4 aromatic rings. The maximum atomic E-state index is 12.4. The Morgan fingerprint density at radius 1 is 1.00 bits per heavy atom. The van der Waals surface area contributed by atoms with E-state index in [9.17, 15) is 14.7 Å². The van der Waals surface area contributed by atoms with Gasteiger partial charge in [-0.1, -0.05) is 29.8 Å². The second-order valence-corrected chi connectivity index (χ2v) is 7.81. The average molecular weight is 477 g/mol. The summed E-state index contributed by atoms with van der Waals surface area (Å²) in [6.07, 6.45) is 0. The van der Waals surface area contributed by atoms with Crippen molar-refractivity contribution in [2.75, 3.05) is 16.0 Å². The number of benzene rings is 3. The molecule has 0 fully saturated rings. The Labute approximate surface area is 200 Å². The molecule has 1 aromatic heterocycles. The summed E-state index contributed by atoms with van der Waals surface area (Å²) in [4.78, 5) is 24.5. The minimum Gasteiger partial charge on any atom is -0.508 e. The Bertz CT molecular complexity index is 1320. The molecule has 3 aromatic carbocycles. The molecule has 0 aliphatic heterocycles. The van der Waals surface area contributed by atoms with Crippen molar-refractivity contribution >= 4 is 46.4 Å². The highest BCUT2D eigenvalue weighted by Crippen LogP contribution is 2.26. The largest absolute Gasteiger partial charge is 0.508 e. The second-order valence-electron chi connectivity index (χ2n) is 7.37. The number of aromatic amines is 1. The van der Waals surface area contributed by atoms with Crippen LogP contribution in [0.4, 0.5) is 23.0 Å². The van der Waals surface area contributed by atoms with E-state index in [4.69, 9.17) is 17.3 Å². The van der Waals surface area contributed by atoms with E-state index in [1.54, 1.807) is 72.8 Å². The molecule has 172 valence electrons. The van der Waals surface area contributed by atoms with Gasteiger partial charge in [0.1, 0.15) is 17.1 Å². The summed E-state index contributed by atoms with van der Waals surface area (Å²) in [5.74, 6) is -0.139. The quantitative estimate of drug-likeness (QED) is 0.221. The van der Waals surface area contributed by atoms with Crippen LogP contribution in [-0.2, 0) is 6.54 Å². The molecule has 1 heterocycles. The van der Waals surface area contributed by atoms with Crippen molar-refractivity contribution in [1.82, 2.24) is 10.2 Å². The maximum Gasteiger partial charge on any atom is 0.256 e. The third kappa shape index (κ3) is 5.45.